The fourth-order valence-electron chi connectivity index (χ4n) is 4.89. The van der Waals surface area contributed by atoms with Crippen molar-refractivity contribution in [2.45, 2.75) is 0 Å². The van der Waals surface area contributed by atoms with Crippen LogP contribution in [0.15, 0.2) is 114 Å². The van der Waals surface area contributed by atoms with Crippen molar-refractivity contribution in [2.24, 2.45) is 0 Å². The number of furan rings is 1. The first-order chi connectivity index (χ1) is 20.2. The molecule has 0 bridgehead atoms. The van der Waals surface area contributed by atoms with E-state index in [0.717, 1.165) is 67.0 Å². The lowest BCUT2D eigenvalue weighted by Crippen LogP contribution is -1.90. The normalized spacial score (nSPS) is 10.9. The van der Waals surface area contributed by atoms with Gasteiger partial charge in [-0.15, -0.1) is 0 Å². The maximum absolute atomic E-state index is 9.25. The first-order valence-corrected chi connectivity index (χ1v) is 12.8. The number of pyridine rings is 4. The van der Waals surface area contributed by atoms with Crippen molar-refractivity contribution in [1.82, 2.24) is 19.9 Å². The van der Waals surface area contributed by atoms with Crippen molar-refractivity contribution >= 4 is 21.9 Å². The summed E-state index contributed by atoms with van der Waals surface area (Å²) in [6.45, 7) is 0. The Kier molecular flexibility index (Phi) is 5.74. The summed E-state index contributed by atoms with van der Waals surface area (Å²) in [7, 11) is 0. The van der Waals surface area contributed by atoms with Crippen LogP contribution in [0.1, 0.15) is 11.1 Å². The van der Waals surface area contributed by atoms with E-state index in [2.05, 4.69) is 34.2 Å². The molecule has 0 aliphatic rings. The van der Waals surface area contributed by atoms with Gasteiger partial charge in [-0.05, 0) is 72.8 Å². The SMILES string of the molecule is N#Cc1cncc(-c2cccc(-c3ccc4oc5ccc(-c6cccc(-c7cncc(C#N)c7)n6)cc5c4c3)n2)c1. The van der Waals surface area contributed by atoms with Crippen LogP contribution in [0.25, 0.3) is 67.0 Å². The zero-order chi connectivity index (χ0) is 27.8. The third kappa shape index (κ3) is 4.44. The number of aromatic nitrogens is 4. The fourth-order valence-corrected chi connectivity index (χ4v) is 4.89. The lowest BCUT2D eigenvalue weighted by molar-refractivity contribution is 0.669. The number of nitrogens with zero attached hydrogens (tertiary/aromatic N) is 6. The van der Waals surface area contributed by atoms with Gasteiger partial charge in [-0.25, -0.2) is 9.97 Å². The fraction of sp³-hybridized carbons (Fsp3) is 0. The molecule has 5 aromatic heterocycles. The van der Waals surface area contributed by atoms with Crippen LogP contribution in [0.3, 0.4) is 0 Å². The smallest absolute Gasteiger partial charge is 0.135 e. The van der Waals surface area contributed by atoms with Crippen LogP contribution in [-0.4, -0.2) is 19.9 Å². The molecule has 0 saturated heterocycles. The summed E-state index contributed by atoms with van der Waals surface area (Å²) in [5.41, 5.74) is 9.11. The first-order valence-electron chi connectivity index (χ1n) is 12.8. The standard InChI is InChI=1S/C34H18N6O/c35-15-21-11-25(19-37-17-21)31-5-1-3-29(39-31)23-7-9-33-27(13-23)28-14-24(8-10-34(28)41-33)30-4-2-6-32(40-30)26-12-22(16-36)18-38-20-26/h1-14,17-20H. The van der Waals surface area contributed by atoms with Gasteiger partial charge < -0.3 is 4.42 Å². The van der Waals surface area contributed by atoms with Gasteiger partial charge in [-0.3, -0.25) is 9.97 Å². The van der Waals surface area contributed by atoms with Crippen LogP contribution in [0.5, 0.6) is 0 Å². The van der Waals surface area contributed by atoms with Crippen LogP contribution >= 0.6 is 0 Å². The molecule has 0 saturated carbocycles. The first kappa shape index (κ1) is 23.9. The molecule has 41 heavy (non-hydrogen) atoms. The average Bonchev–Trinajstić information content (AvgIpc) is 3.42. The van der Waals surface area contributed by atoms with Crippen molar-refractivity contribution in [3.05, 3.63) is 121 Å². The summed E-state index contributed by atoms with van der Waals surface area (Å²) >= 11 is 0. The molecule has 7 heteroatoms. The number of fused-ring (bicyclic) bond motifs is 3. The molecule has 190 valence electrons. The summed E-state index contributed by atoms with van der Waals surface area (Å²) in [5, 5.41) is 20.4. The lowest BCUT2D eigenvalue weighted by Gasteiger charge is -2.06. The van der Waals surface area contributed by atoms with Crippen molar-refractivity contribution in [2.75, 3.05) is 0 Å². The number of hydrogen-bond donors (Lipinski definition) is 0. The Hall–Kier alpha value is -6.18. The van der Waals surface area contributed by atoms with E-state index in [0.29, 0.717) is 11.1 Å². The van der Waals surface area contributed by atoms with Crippen LogP contribution in [0, 0.1) is 22.7 Å². The van der Waals surface area contributed by atoms with Crippen molar-refractivity contribution in [3.8, 4) is 57.2 Å². The van der Waals surface area contributed by atoms with Gasteiger partial charge in [0, 0.05) is 57.8 Å². The molecule has 0 aliphatic carbocycles. The van der Waals surface area contributed by atoms with E-state index in [-0.39, 0.29) is 0 Å². The van der Waals surface area contributed by atoms with Gasteiger partial charge in [0.05, 0.1) is 33.9 Å². The topological polar surface area (TPSA) is 112 Å². The monoisotopic (exact) mass is 526 g/mol. The molecule has 0 amide bonds. The minimum atomic E-state index is 0.490. The van der Waals surface area contributed by atoms with E-state index >= 15 is 0 Å². The molecular weight excluding hydrogens is 508 g/mol. The van der Waals surface area contributed by atoms with Gasteiger partial charge in [0.1, 0.15) is 23.3 Å². The second-order valence-electron chi connectivity index (χ2n) is 9.49. The highest BCUT2D eigenvalue weighted by Crippen LogP contribution is 2.35. The second-order valence-corrected chi connectivity index (χ2v) is 9.49. The quantitative estimate of drug-likeness (QED) is 0.232. The maximum atomic E-state index is 9.25. The molecule has 7 nitrogen and oxygen atoms in total. The third-order valence-corrected chi connectivity index (χ3v) is 6.89. The summed E-state index contributed by atoms with van der Waals surface area (Å²) in [5.74, 6) is 0. The molecule has 0 radical (unpaired) electrons. The van der Waals surface area contributed by atoms with Gasteiger partial charge in [0.2, 0.25) is 0 Å². The zero-order valence-corrected chi connectivity index (χ0v) is 21.5. The third-order valence-electron chi connectivity index (χ3n) is 6.89. The Balaban J connectivity index is 1.29. The van der Waals surface area contributed by atoms with E-state index in [1.165, 1.54) is 12.4 Å². The molecule has 0 aliphatic heterocycles. The number of hydrogen-bond acceptors (Lipinski definition) is 7. The van der Waals surface area contributed by atoms with Crippen molar-refractivity contribution in [1.29, 1.82) is 10.5 Å². The number of nitriles is 2. The summed E-state index contributed by atoms with van der Waals surface area (Å²) in [6, 6.07) is 31.6. The van der Waals surface area contributed by atoms with Crippen LogP contribution in [0.4, 0.5) is 0 Å². The minimum Gasteiger partial charge on any atom is -0.456 e. The Labute approximate surface area is 234 Å². The molecule has 0 spiro atoms. The van der Waals surface area contributed by atoms with Crippen LogP contribution < -0.4 is 0 Å². The Morgan fingerprint density at radius 3 is 1.37 bits per heavy atom. The summed E-state index contributed by atoms with van der Waals surface area (Å²) < 4.78 is 6.15. The van der Waals surface area contributed by atoms with Gasteiger partial charge in [-0.1, -0.05) is 12.1 Å². The predicted molar refractivity (Wildman–Crippen MR) is 156 cm³/mol. The summed E-state index contributed by atoms with van der Waals surface area (Å²) in [4.78, 5) is 18.1. The largest absolute Gasteiger partial charge is 0.456 e. The Morgan fingerprint density at radius 2 is 0.927 bits per heavy atom. The molecule has 2 aromatic carbocycles. The lowest BCUT2D eigenvalue weighted by atomic mass is 10.0. The molecular formula is C34H18N6O. The molecule has 0 atom stereocenters. The maximum Gasteiger partial charge on any atom is 0.135 e. The Bertz CT molecular complexity index is 2050. The van der Waals surface area contributed by atoms with Gasteiger partial charge in [-0.2, -0.15) is 10.5 Å². The zero-order valence-electron chi connectivity index (χ0n) is 21.5. The Morgan fingerprint density at radius 1 is 0.488 bits per heavy atom. The highest BCUT2D eigenvalue weighted by atomic mass is 16.3. The predicted octanol–water partition coefficient (Wildman–Crippen LogP) is 7.58. The molecule has 7 rings (SSSR count). The minimum absolute atomic E-state index is 0.490. The number of rotatable bonds is 4. The average molecular weight is 527 g/mol. The van der Waals surface area contributed by atoms with Crippen molar-refractivity contribution < 1.29 is 4.42 Å². The second kappa shape index (κ2) is 9.85. The van der Waals surface area contributed by atoms with Gasteiger partial charge in [0.25, 0.3) is 0 Å². The van der Waals surface area contributed by atoms with Gasteiger partial charge >= 0.3 is 0 Å². The molecule has 7 aromatic rings. The van der Waals surface area contributed by atoms with E-state index in [1.807, 2.05) is 60.7 Å². The molecule has 0 fully saturated rings. The van der Waals surface area contributed by atoms with E-state index in [9.17, 15) is 10.5 Å². The van der Waals surface area contributed by atoms with Crippen LogP contribution in [0.2, 0.25) is 0 Å². The van der Waals surface area contributed by atoms with E-state index in [4.69, 9.17) is 14.4 Å². The molecule has 5 heterocycles. The molecule has 0 unspecified atom stereocenters. The molecule has 0 N–H and O–H groups in total. The highest BCUT2D eigenvalue weighted by Gasteiger charge is 2.13. The number of benzene rings is 2. The van der Waals surface area contributed by atoms with Crippen molar-refractivity contribution in [3.63, 3.8) is 0 Å². The summed E-state index contributed by atoms with van der Waals surface area (Å²) in [6.07, 6.45) is 6.49. The van der Waals surface area contributed by atoms with E-state index < -0.39 is 0 Å². The highest BCUT2D eigenvalue weighted by molar-refractivity contribution is 6.07. The van der Waals surface area contributed by atoms with Gasteiger partial charge in [0.15, 0.2) is 0 Å². The van der Waals surface area contributed by atoms with Crippen LogP contribution in [-0.2, 0) is 0 Å². The van der Waals surface area contributed by atoms with E-state index in [1.54, 1.807) is 24.5 Å².